The van der Waals surface area contributed by atoms with Gasteiger partial charge in [-0.25, -0.2) is 0 Å². The number of nitrogens with zero attached hydrogens (tertiary/aromatic N) is 4. The quantitative estimate of drug-likeness (QED) is 0.784. The lowest BCUT2D eigenvalue weighted by Crippen LogP contribution is -2.56. The van der Waals surface area contributed by atoms with Gasteiger partial charge in [0.05, 0.1) is 13.7 Å². The number of rotatable bonds is 5. The number of benzene rings is 1. The first kappa shape index (κ1) is 18.6. The van der Waals surface area contributed by atoms with Crippen molar-refractivity contribution in [3.05, 3.63) is 24.3 Å². The summed E-state index contributed by atoms with van der Waals surface area (Å²) in [5.74, 6) is 1.20. The second kappa shape index (κ2) is 8.48. The number of hydrogen-bond acceptors (Lipinski definition) is 5. The molecule has 0 atom stereocenters. The zero-order chi connectivity index (χ0) is 18.6. The molecule has 0 spiro atoms. The van der Waals surface area contributed by atoms with Gasteiger partial charge in [-0.15, -0.1) is 0 Å². The number of carbonyl (C=O) groups is 1. The lowest BCUT2D eigenvalue weighted by molar-refractivity contribution is -0.134. The maximum atomic E-state index is 12.7. The maximum Gasteiger partial charge on any atom is 0.236 e. The van der Waals surface area contributed by atoms with Crippen LogP contribution in [0.25, 0.3) is 0 Å². The van der Waals surface area contributed by atoms with E-state index in [-0.39, 0.29) is 0 Å². The molecular formula is C21H32N4O2. The Kier molecular flexibility index (Phi) is 5.83. The number of anilines is 1. The van der Waals surface area contributed by atoms with Gasteiger partial charge in [0.25, 0.3) is 0 Å². The third-order valence-electron chi connectivity index (χ3n) is 6.41. The topological polar surface area (TPSA) is 39.3 Å². The van der Waals surface area contributed by atoms with E-state index in [9.17, 15) is 4.79 Å². The molecule has 0 radical (unpaired) electrons. The normalized spacial score (nSPS) is 22.6. The van der Waals surface area contributed by atoms with Gasteiger partial charge in [0.15, 0.2) is 0 Å². The summed E-state index contributed by atoms with van der Waals surface area (Å²) in [7, 11) is 1.70. The number of ether oxygens (including phenoxy) is 1. The molecule has 3 aliphatic rings. The van der Waals surface area contributed by atoms with Crippen molar-refractivity contribution in [3.63, 3.8) is 0 Å². The van der Waals surface area contributed by atoms with Crippen LogP contribution in [0.5, 0.6) is 5.75 Å². The van der Waals surface area contributed by atoms with Gasteiger partial charge in [-0.2, -0.15) is 0 Å². The molecule has 0 aromatic heterocycles. The predicted octanol–water partition coefficient (Wildman–Crippen LogP) is 1.51. The summed E-state index contributed by atoms with van der Waals surface area (Å²) in [5, 5.41) is 0. The zero-order valence-electron chi connectivity index (χ0n) is 16.5. The number of piperazine rings is 2. The van der Waals surface area contributed by atoms with Crippen LogP contribution in [-0.2, 0) is 4.79 Å². The summed E-state index contributed by atoms with van der Waals surface area (Å²) < 4.78 is 5.33. The van der Waals surface area contributed by atoms with Crippen LogP contribution >= 0.6 is 0 Å². The summed E-state index contributed by atoms with van der Waals surface area (Å²) in [6, 6.07) is 9.02. The standard InChI is InChI=1S/C21H32N4O2/c1-27-20-7-3-6-19(16-20)24-10-8-22(9-11-24)17-21(26)25-14-12-23(13-15-25)18-4-2-5-18/h3,6-7,16,18H,2,4-5,8-15,17H2,1H3. The van der Waals surface area contributed by atoms with Gasteiger partial charge >= 0.3 is 0 Å². The van der Waals surface area contributed by atoms with Crippen LogP contribution in [0, 0.1) is 0 Å². The monoisotopic (exact) mass is 372 g/mol. The van der Waals surface area contributed by atoms with Crippen molar-refractivity contribution in [1.82, 2.24) is 14.7 Å². The highest BCUT2D eigenvalue weighted by molar-refractivity contribution is 5.78. The van der Waals surface area contributed by atoms with Crippen LogP contribution in [0.1, 0.15) is 19.3 Å². The van der Waals surface area contributed by atoms with Crippen molar-refractivity contribution in [1.29, 1.82) is 0 Å². The second-order valence-corrected chi connectivity index (χ2v) is 7.97. The van der Waals surface area contributed by atoms with Crippen molar-refractivity contribution in [2.45, 2.75) is 25.3 Å². The Hall–Kier alpha value is -1.79. The molecule has 0 N–H and O–H groups in total. The van der Waals surface area contributed by atoms with Crippen LogP contribution in [-0.4, -0.2) is 92.7 Å². The van der Waals surface area contributed by atoms with Crippen molar-refractivity contribution >= 4 is 11.6 Å². The average molecular weight is 373 g/mol. The van der Waals surface area contributed by atoms with Gasteiger partial charge < -0.3 is 14.5 Å². The van der Waals surface area contributed by atoms with E-state index < -0.39 is 0 Å². The molecule has 6 nitrogen and oxygen atoms in total. The van der Waals surface area contributed by atoms with Gasteiger partial charge in [-0.3, -0.25) is 14.6 Å². The highest BCUT2D eigenvalue weighted by Crippen LogP contribution is 2.25. The molecule has 0 bridgehead atoms. The van der Waals surface area contributed by atoms with Crippen LogP contribution in [0.15, 0.2) is 24.3 Å². The Bertz CT molecular complexity index is 633. The minimum atomic E-state index is 0.304. The molecule has 6 heteroatoms. The third-order valence-corrected chi connectivity index (χ3v) is 6.41. The summed E-state index contributed by atoms with van der Waals surface area (Å²) >= 11 is 0. The average Bonchev–Trinajstić information content (AvgIpc) is 2.68. The van der Waals surface area contributed by atoms with E-state index in [1.165, 1.54) is 24.9 Å². The van der Waals surface area contributed by atoms with E-state index >= 15 is 0 Å². The van der Waals surface area contributed by atoms with Crippen molar-refractivity contribution in [2.75, 3.05) is 70.9 Å². The molecule has 1 aromatic carbocycles. The van der Waals surface area contributed by atoms with Crippen LogP contribution in [0.4, 0.5) is 5.69 Å². The van der Waals surface area contributed by atoms with Gasteiger partial charge in [0, 0.05) is 70.2 Å². The lowest BCUT2D eigenvalue weighted by atomic mass is 9.91. The number of amides is 1. The third kappa shape index (κ3) is 4.38. The van der Waals surface area contributed by atoms with Crippen molar-refractivity contribution in [2.24, 2.45) is 0 Å². The van der Waals surface area contributed by atoms with Crippen molar-refractivity contribution in [3.8, 4) is 5.75 Å². The zero-order valence-corrected chi connectivity index (χ0v) is 16.5. The highest BCUT2D eigenvalue weighted by Gasteiger charge is 2.30. The van der Waals surface area contributed by atoms with Gasteiger partial charge in [0.1, 0.15) is 5.75 Å². The number of carbonyl (C=O) groups excluding carboxylic acids is 1. The first-order valence-corrected chi connectivity index (χ1v) is 10.4. The first-order valence-electron chi connectivity index (χ1n) is 10.4. The summed E-state index contributed by atoms with van der Waals surface area (Å²) in [5.41, 5.74) is 1.20. The molecule has 2 heterocycles. The fraction of sp³-hybridized carbons (Fsp3) is 0.667. The minimum Gasteiger partial charge on any atom is -0.497 e. The number of methoxy groups -OCH3 is 1. The molecule has 0 unspecified atom stereocenters. The molecule has 1 aliphatic carbocycles. The molecule has 1 saturated carbocycles. The van der Waals surface area contributed by atoms with E-state index in [4.69, 9.17) is 4.74 Å². The van der Waals surface area contributed by atoms with Crippen LogP contribution in [0.2, 0.25) is 0 Å². The molecule has 1 amide bonds. The highest BCUT2D eigenvalue weighted by atomic mass is 16.5. The molecule has 4 rings (SSSR count). The van der Waals surface area contributed by atoms with E-state index in [1.807, 2.05) is 12.1 Å². The smallest absolute Gasteiger partial charge is 0.236 e. The van der Waals surface area contributed by atoms with E-state index in [0.29, 0.717) is 12.5 Å². The largest absolute Gasteiger partial charge is 0.497 e. The Morgan fingerprint density at radius 3 is 2.41 bits per heavy atom. The van der Waals surface area contributed by atoms with Crippen LogP contribution in [0.3, 0.4) is 0 Å². The SMILES string of the molecule is COc1cccc(N2CCN(CC(=O)N3CCN(C4CCC4)CC3)CC2)c1. The molecule has 1 aromatic rings. The Labute approximate surface area is 162 Å². The maximum absolute atomic E-state index is 12.7. The fourth-order valence-electron chi connectivity index (χ4n) is 4.35. The first-order chi connectivity index (χ1) is 13.2. The van der Waals surface area contributed by atoms with Gasteiger partial charge in [-0.05, 0) is 25.0 Å². The summed E-state index contributed by atoms with van der Waals surface area (Å²) in [4.78, 5) is 22.0. The predicted molar refractivity (Wildman–Crippen MR) is 107 cm³/mol. The Morgan fingerprint density at radius 2 is 1.78 bits per heavy atom. The van der Waals surface area contributed by atoms with E-state index in [1.54, 1.807) is 7.11 Å². The summed E-state index contributed by atoms with van der Waals surface area (Å²) in [6.07, 6.45) is 4.09. The van der Waals surface area contributed by atoms with Gasteiger partial charge in [-0.1, -0.05) is 12.5 Å². The number of hydrogen-bond donors (Lipinski definition) is 0. The molecule has 148 valence electrons. The van der Waals surface area contributed by atoms with Crippen LogP contribution < -0.4 is 9.64 Å². The fourth-order valence-corrected chi connectivity index (χ4v) is 4.35. The molecule has 27 heavy (non-hydrogen) atoms. The molecular weight excluding hydrogens is 340 g/mol. The molecule has 2 saturated heterocycles. The molecule has 3 fully saturated rings. The van der Waals surface area contributed by atoms with Gasteiger partial charge in [0.2, 0.25) is 5.91 Å². The lowest BCUT2D eigenvalue weighted by Gasteiger charge is -2.43. The molecule has 2 aliphatic heterocycles. The Morgan fingerprint density at radius 1 is 1.04 bits per heavy atom. The minimum absolute atomic E-state index is 0.304. The van der Waals surface area contributed by atoms with E-state index in [0.717, 1.165) is 64.1 Å². The Balaban J connectivity index is 1.21. The second-order valence-electron chi connectivity index (χ2n) is 7.97. The van der Waals surface area contributed by atoms with E-state index in [2.05, 4.69) is 31.7 Å². The van der Waals surface area contributed by atoms with Crippen molar-refractivity contribution < 1.29 is 9.53 Å². The summed E-state index contributed by atoms with van der Waals surface area (Å²) in [6.45, 7) is 8.26.